The lowest BCUT2D eigenvalue weighted by Gasteiger charge is -2.10. The summed E-state index contributed by atoms with van der Waals surface area (Å²) in [5, 5.41) is 9.53. The summed E-state index contributed by atoms with van der Waals surface area (Å²) in [6, 6.07) is 7.63. The molecule has 0 spiro atoms. The van der Waals surface area contributed by atoms with Crippen molar-refractivity contribution in [1.29, 1.82) is 0 Å². The van der Waals surface area contributed by atoms with Gasteiger partial charge >= 0.3 is 0 Å². The molecule has 0 radical (unpaired) electrons. The monoisotopic (exact) mass is 404 g/mol. The van der Waals surface area contributed by atoms with Crippen LogP contribution in [0.15, 0.2) is 42.6 Å². The average Bonchev–Trinajstić information content (AvgIpc) is 2.98. The summed E-state index contributed by atoms with van der Waals surface area (Å²) < 4.78 is 28.7. The lowest BCUT2D eigenvalue weighted by Crippen LogP contribution is -2.13. The first-order valence-electron chi connectivity index (χ1n) is 8.12. The fraction of sp³-hybridized carbons (Fsp3) is 0.105. The normalized spacial score (nSPS) is 10.6. The molecule has 0 fully saturated rings. The van der Waals surface area contributed by atoms with Crippen molar-refractivity contribution in [2.45, 2.75) is 6.92 Å². The molecule has 0 aliphatic rings. The first-order chi connectivity index (χ1) is 13.2. The Hall–Kier alpha value is -3.26. The Morgan fingerprint density at radius 1 is 1.11 bits per heavy atom. The summed E-state index contributed by atoms with van der Waals surface area (Å²) in [4.78, 5) is 23.8. The van der Waals surface area contributed by atoms with E-state index in [1.165, 1.54) is 36.0 Å². The maximum Gasteiger partial charge on any atom is 0.259 e. The number of aromatic nitrogens is 2. The van der Waals surface area contributed by atoms with Crippen molar-refractivity contribution in [2.75, 3.05) is 10.6 Å². The van der Waals surface area contributed by atoms with Gasteiger partial charge in [-0.3, -0.25) is 14.3 Å². The van der Waals surface area contributed by atoms with Crippen LogP contribution in [-0.2, 0) is 11.8 Å². The molecule has 0 saturated carbocycles. The van der Waals surface area contributed by atoms with E-state index in [1.807, 2.05) is 0 Å². The van der Waals surface area contributed by atoms with Gasteiger partial charge in [-0.05, 0) is 30.3 Å². The highest BCUT2D eigenvalue weighted by atomic mass is 35.5. The summed E-state index contributed by atoms with van der Waals surface area (Å²) in [5.74, 6) is -2.38. The molecule has 0 aliphatic heterocycles. The molecule has 2 aromatic carbocycles. The topological polar surface area (TPSA) is 76.0 Å². The molecule has 144 valence electrons. The van der Waals surface area contributed by atoms with E-state index in [2.05, 4.69) is 15.7 Å². The highest BCUT2D eigenvalue weighted by molar-refractivity contribution is 6.34. The van der Waals surface area contributed by atoms with Gasteiger partial charge in [-0.15, -0.1) is 0 Å². The molecular formula is C19H15ClF2N4O2. The molecule has 1 aromatic heterocycles. The average molecular weight is 405 g/mol. The van der Waals surface area contributed by atoms with Gasteiger partial charge in [0.05, 0.1) is 16.3 Å². The molecule has 0 unspecified atom stereocenters. The summed E-state index contributed by atoms with van der Waals surface area (Å²) in [6.07, 6.45) is 1.42. The van der Waals surface area contributed by atoms with Gasteiger partial charge in [0.25, 0.3) is 5.91 Å². The van der Waals surface area contributed by atoms with E-state index < -0.39 is 17.5 Å². The lowest BCUT2D eigenvalue weighted by molar-refractivity contribution is -0.114. The van der Waals surface area contributed by atoms with Crippen LogP contribution in [0.4, 0.5) is 20.2 Å². The number of amides is 2. The van der Waals surface area contributed by atoms with Crippen molar-refractivity contribution in [1.82, 2.24) is 9.78 Å². The first-order valence-corrected chi connectivity index (χ1v) is 8.50. The molecule has 0 atom stereocenters. The molecule has 28 heavy (non-hydrogen) atoms. The van der Waals surface area contributed by atoms with Gasteiger partial charge in [0.15, 0.2) is 0 Å². The number of carbonyl (C=O) groups excluding carboxylic acids is 2. The Morgan fingerprint density at radius 2 is 1.86 bits per heavy atom. The van der Waals surface area contributed by atoms with Crippen LogP contribution < -0.4 is 10.6 Å². The number of carbonyl (C=O) groups is 2. The Balaban J connectivity index is 1.91. The predicted molar refractivity (Wildman–Crippen MR) is 102 cm³/mol. The lowest BCUT2D eigenvalue weighted by atomic mass is 10.1. The van der Waals surface area contributed by atoms with Gasteiger partial charge in [-0.25, -0.2) is 8.78 Å². The zero-order valence-corrected chi connectivity index (χ0v) is 15.6. The quantitative estimate of drug-likeness (QED) is 0.683. The number of rotatable bonds is 4. The number of benzene rings is 2. The van der Waals surface area contributed by atoms with E-state index in [0.29, 0.717) is 11.4 Å². The number of hydrogen-bond acceptors (Lipinski definition) is 3. The summed E-state index contributed by atoms with van der Waals surface area (Å²) in [6.45, 7) is 1.36. The van der Waals surface area contributed by atoms with Crippen LogP contribution >= 0.6 is 11.6 Å². The van der Waals surface area contributed by atoms with Crippen molar-refractivity contribution < 1.29 is 18.4 Å². The minimum Gasteiger partial charge on any atom is -0.326 e. The Morgan fingerprint density at radius 3 is 2.50 bits per heavy atom. The Labute approximate surface area is 164 Å². The Bertz CT molecular complexity index is 1080. The maximum absolute atomic E-state index is 14.2. The molecule has 1 heterocycles. The Kier molecular flexibility index (Phi) is 5.41. The fourth-order valence-corrected chi connectivity index (χ4v) is 2.85. The van der Waals surface area contributed by atoms with E-state index in [9.17, 15) is 18.4 Å². The predicted octanol–water partition coefficient (Wildman–Crippen LogP) is 4.23. The van der Waals surface area contributed by atoms with Crippen LogP contribution in [0.2, 0.25) is 5.02 Å². The highest BCUT2D eigenvalue weighted by Crippen LogP contribution is 2.29. The second-order valence-corrected chi connectivity index (χ2v) is 6.43. The zero-order valence-electron chi connectivity index (χ0n) is 14.9. The molecule has 6 nitrogen and oxygen atoms in total. The molecule has 3 aromatic rings. The van der Waals surface area contributed by atoms with Gasteiger partial charge in [0.2, 0.25) is 5.91 Å². The van der Waals surface area contributed by atoms with Crippen LogP contribution in [0.1, 0.15) is 17.3 Å². The minimum absolute atomic E-state index is 0.000692. The third kappa shape index (κ3) is 4.17. The van der Waals surface area contributed by atoms with E-state index in [4.69, 9.17) is 11.6 Å². The first kappa shape index (κ1) is 19.5. The summed E-state index contributed by atoms with van der Waals surface area (Å²) in [7, 11) is 1.58. The van der Waals surface area contributed by atoms with E-state index in [1.54, 1.807) is 13.1 Å². The van der Waals surface area contributed by atoms with Crippen LogP contribution in [0.5, 0.6) is 0 Å². The molecule has 2 amide bonds. The van der Waals surface area contributed by atoms with Crippen LogP contribution in [0.25, 0.3) is 11.3 Å². The van der Waals surface area contributed by atoms with Gasteiger partial charge in [0, 0.05) is 37.5 Å². The number of aryl methyl sites for hydroxylation is 1. The fourth-order valence-electron chi connectivity index (χ4n) is 2.62. The van der Waals surface area contributed by atoms with Crippen LogP contribution in [0.3, 0.4) is 0 Å². The van der Waals surface area contributed by atoms with Gasteiger partial charge < -0.3 is 10.6 Å². The number of nitrogens with one attached hydrogen (secondary N) is 2. The van der Waals surface area contributed by atoms with Crippen molar-refractivity contribution in [3.05, 3.63) is 64.8 Å². The third-order valence-electron chi connectivity index (χ3n) is 3.80. The third-order valence-corrected chi connectivity index (χ3v) is 4.11. The number of hydrogen-bond donors (Lipinski definition) is 2. The second-order valence-electron chi connectivity index (χ2n) is 6.02. The van der Waals surface area contributed by atoms with Crippen LogP contribution in [-0.4, -0.2) is 21.6 Å². The molecule has 9 heteroatoms. The molecule has 2 N–H and O–H groups in total. The number of nitrogens with zero attached hydrogens (tertiary/aromatic N) is 2. The number of halogens is 3. The van der Waals surface area contributed by atoms with Crippen molar-refractivity contribution in [3.63, 3.8) is 0 Å². The molecule has 0 bridgehead atoms. The second kappa shape index (κ2) is 7.77. The van der Waals surface area contributed by atoms with E-state index >= 15 is 0 Å². The largest absolute Gasteiger partial charge is 0.326 e. The van der Waals surface area contributed by atoms with Gasteiger partial charge in [-0.1, -0.05) is 11.6 Å². The standard InChI is InChI=1S/C19H15ClF2N4O2/c1-10(27)23-12-4-6-17(15(20)8-12)24-19(28)14-9-26(2)25-18(14)13-5-3-11(21)7-16(13)22/h3-9H,1-2H3,(H,23,27)(H,24,28). The van der Waals surface area contributed by atoms with Crippen molar-refractivity contribution in [3.8, 4) is 11.3 Å². The van der Waals surface area contributed by atoms with E-state index in [0.717, 1.165) is 12.1 Å². The molecule has 3 rings (SSSR count). The zero-order chi connectivity index (χ0) is 20.4. The van der Waals surface area contributed by atoms with Gasteiger partial charge in [-0.2, -0.15) is 5.10 Å². The summed E-state index contributed by atoms with van der Waals surface area (Å²) in [5.41, 5.74) is 0.943. The highest BCUT2D eigenvalue weighted by Gasteiger charge is 2.21. The SMILES string of the molecule is CC(=O)Nc1ccc(NC(=O)c2cn(C)nc2-c2ccc(F)cc2F)c(Cl)c1. The van der Waals surface area contributed by atoms with Crippen molar-refractivity contribution >= 4 is 34.8 Å². The molecular weight excluding hydrogens is 390 g/mol. The van der Waals surface area contributed by atoms with Crippen molar-refractivity contribution in [2.24, 2.45) is 7.05 Å². The smallest absolute Gasteiger partial charge is 0.259 e. The maximum atomic E-state index is 14.2. The minimum atomic E-state index is -0.828. The molecule has 0 saturated heterocycles. The van der Waals surface area contributed by atoms with Crippen LogP contribution in [0, 0.1) is 11.6 Å². The summed E-state index contributed by atoms with van der Waals surface area (Å²) >= 11 is 6.16. The molecule has 0 aliphatic carbocycles. The van der Waals surface area contributed by atoms with E-state index in [-0.39, 0.29) is 27.8 Å². The van der Waals surface area contributed by atoms with Gasteiger partial charge in [0.1, 0.15) is 17.3 Å². The number of anilines is 2.